The summed E-state index contributed by atoms with van der Waals surface area (Å²) in [5.74, 6) is 0.654. The Labute approximate surface area is 150 Å². The van der Waals surface area contributed by atoms with Gasteiger partial charge in [-0.3, -0.25) is 4.79 Å². The van der Waals surface area contributed by atoms with E-state index >= 15 is 0 Å². The highest BCUT2D eigenvalue weighted by molar-refractivity contribution is 5.97. The highest BCUT2D eigenvalue weighted by atomic mass is 16.5. The van der Waals surface area contributed by atoms with Gasteiger partial charge in [-0.25, -0.2) is 0 Å². The number of likely N-dealkylation sites (N-methyl/N-ethyl adjacent to an activating group) is 1. The van der Waals surface area contributed by atoms with E-state index in [1.165, 1.54) is 12.6 Å². The Kier molecular flexibility index (Phi) is 7.34. The molecule has 134 valence electrons. The monoisotopic (exact) mass is 341 g/mol. The van der Waals surface area contributed by atoms with Crippen molar-refractivity contribution in [3.8, 4) is 11.8 Å². The lowest BCUT2D eigenvalue weighted by atomic mass is 9.94. The fraction of sp³-hybridized carbons (Fsp3) is 0.500. The molecule has 1 fully saturated rings. The summed E-state index contributed by atoms with van der Waals surface area (Å²) >= 11 is 0. The SMILES string of the molecule is COc1ccccc1CCN/C=C(/C#N)C(=O)N(C)C1CCCCC1. The second-order valence-corrected chi connectivity index (χ2v) is 6.39. The largest absolute Gasteiger partial charge is 0.496 e. The van der Waals surface area contributed by atoms with Crippen molar-refractivity contribution in [2.24, 2.45) is 0 Å². The van der Waals surface area contributed by atoms with Gasteiger partial charge in [0.1, 0.15) is 17.4 Å². The van der Waals surface area contributed by atoms with Crippen molar-refractivity contribution in [3.05, 3.63) is 41.6 Å². The molecule has 0 radical (unpaired) electrons. The van der Waals surface area contributed by atoms with E-state index in [1.807, 2.05) is 30.3 Å². The van der Waals surface area contributed by atoms with Gasteiger partial charge in [-0.05, 0) is 30.9 Å². The number of hydrogen-bond donors (Lipinski definition) is 1. The molecule has 0 saturated heterocycles. The topological polar surface area (TPSA) is 65.4 Å². The molecule has 0 unspecified atom stereocenters. The molecule has 1 aliphatic carbocycles. The summed E-state index contributed by atoms with van der Waals surface area (Å²) in [4.78, 5) is 14.2. The summed E-state index contributed by atoms with van der Waals surface area (Å²) in [6.07, 6.45) is 7.91. The Bertz CT molecular complexity index is 643. The number of nitrogens with zero attached hydrogens (tertiary/aromatic N) is 2. The summed E-state index contributed by atoms with van der Waals surface area (Å²) in [5, 5.41) is 12.4. The third-order valence-electron chi connectivity index (χ3n) is 4.77. The highest BCUT2D eigenvalue weighted by Crippen LogP contribution is 2.22. The lowest BCUT2D eigenvalue weighted by Crippen LogP contribution is -2.39. The van der Waals surface area contributed by atoms with Crippen molar-refractivity contribution in [3.63, 3.8) is 0 Å². The van der Waals surface area contributed by atoms with Gasteiger partial charge in [-0.2, -0.15) is 5.26 Å². The average Bonchev–Trinajstić information content (AvgIpc) is 2.68. The number of carbonyl (C=O) groups excluding carboxylic acids is 1. The normalized spacial score (nSPS) is 15.3. The van der Waals surface area contributed by atoms with Gasteiger partial charge in [-0.1, -0.05) is 37.5 Å². The Hall–Kier alpha value is -2.48. The predicted octanol–water partition coefficient (Wildman–Crippen LogP) is 3.03. The van der Waals surface area contributed by atoms with E-state index in [1.54, 1.807) is 19.1 Å². The van der Waals surface area contributed by atoms with E-state index in [9.17, 15) is 10.1 Å². The van der Waals surface area contributed by atoms with E-state index in [2.05, 4.69) is 5.32 Å². The van der Waals surface area contributed by atoms with Crippen LogP contribution in [0, 0.1) is 11.3 Å². The number of carbonyl (C=O) groups is 1. The maximum Gasteiger partial charge on any atom is 0.265 e. The van der Waals surface area contributed by atoms with Crippen molar-refractivity contribution in [1.29, 1.82) is 5.26 Å². The van der Waals surface area contributed by atoms with Gasteiger partial charge in [0.25, 0.3) is 5.91 Å². The van der Waals surface area contributed by atoms with E-state index < -0.39 is 0 Å². The number of nitrogens with one attached hydrogen (secondary N) is 1. The fourth-order valence-electron chi connectivity index (χ4n) is 3.26. The maximum atomic E-state index is 12.5. The molecule has 1 aromatic carbocycles. The summed E-state index contributed by atoms with van der Waals surface area (Å²) in [6.45, 7) is 0.631. The highest BCUT2D eigenvalue weighted by Gasteiger charge is 2.24. The minimum atomic E-state index is -0.195. The molecule has 0 aromatic heterocycles. The molecule has 1 N–H and O–H groups in total. The molecule has 5 nitrogen and oxygen atoms in total. The standard InChI is InChI=1S/C20H27N3O2/c1-23(18-9-4-3-5-10-18)20(24)17(14-21)15-22-13-12-16-8-6-7-11-19(16)25-2/h6-8,11,15,18,22H,3-5,9-10,12-13H2,1-2H3/b17-15-. The number of methoxy groups -OCH3 is 1. The van der Waals surface area contributed by atoms with E-state index in [4.69, 9.17) is 4.74 Å². The predicted molar refractivity (Wildman–Crippen MR) is 98.0 cm³/mol. The number of para-hydroxylation sites is 1. The van der Waals surface area contributed by atoms with Crippen LogP contribution >= 0.6 is 0 Å². The van der Waals surface area contributed by atoms with Gasteiger partial charge in [0.15, 0.2) is 0 Å². The van der Waals surface area contributed by atoms with Gasteiger partial charge in [-0.15, -0.1) is 0 Å². The molecule has 0 aliphatic heterocycles. The second kappa shape index (κ2) is 9.73. The first-order valence-corrected chi connectivity index (χ1v) is 8.90. The van der Waals surface area contributed by atoms with E-state index in [0.717, 1.165) is 43.4 Å². The van der Waals surface area contributed by atoms with Gasteiger partial charge in [0, 0.05) is 25.8 Å². The van der Waals surface area contributed by atoms with Gasteiger partial charge >= 0.3 is 0 Å². The molecule has 1 aromatic rings. The number of hydrogen-bond acceptors (Lipinski definition) is 4. The third kappa shape index (κ3) is 5.25. The molecule has 5 heteroatoms. The zero-order chi connectivity index (χ0) is 18.1. The van der Waals surface area contributed by atoms with Crippen molar-refractivity contribution in [2.45, 2.75) is 44.6 Å². The smallest absolute Gasteiger partial charge is 0.265 e. The van der Waals surface area contributed by atoms with E-state index in [-0.39, 0.29) is 17.5 Å². The zero-order valence-corrected chi connectivity index (χ0v) is 15.1. The van der Waals surface area contributed by atoms with Crippen LogP contribution < -0.4 is 10.1 Å². The molecular weight excluding hydrogens is 314 g/mol. The first kappa shape index (κ1) is 18.9. The number of rotatable bonds is 7. The van der Waals surface area contributed by atoms with Gasteiger partial charge in [0.05, 0.1) is 7.11 Å². The molecule has 1 aliphatic rings. The summed E-state index contributed by atoms with van der Waals surface area (Å²) in [7, 11) is 3.46. The summed E-state index contributed by atoms with van der Waals surface area (Å²) < 4.78 is 5.33. The number of ether oxygens (including phenoxy) is 1. The zero-order valence-electron chi connectivity index (χ0n) is 15.1. The van der Waals surface area contributed by atoms with Crippen LogP contribution in [-0.4, -0.2) is 37.6 Å². The minimum Gasteiger partial charge on any atom is -0.496 e. The van der Waals surface area contributed by atoms with Crippen LogP contribution in [0.3, 0.4) is 0 Å². The molecule has 0 spiro atoms. The van der Waals surface area contributed by atoms with Crippen LogP contribution in [0.25, 0.3) is 0 Å². The van der Waals surface area contributed by atoms with Crippen LogP contribution in [0.2, 0.25) is 0 Å². The Morgan fingerprint density at radius 3 is 2.76 bits per heavy atom. The molecule has 25 heavy (non-hydrogen) atoms. The van der Waals surface area contributed by atoms with Crippen molar-refractivity contribution >= 4 is 5.91 Å². The molecule has 1 amide bonds. The lowest BCUT2D eigenvalue weighted by molar-refractivity contribution is -0.128. The summed E-state index contributed by atoms with van der Waals surface area (Å²) in [6, 6.07) is 10.1. The number of benzene rings is 1. The molecule has 0 bridgehead atoms. The quantitative estimate of drug-likeness (QED) is 0.470. The first-order chi connectivity index (χ1) is 12.2. The summed E-state index contributed by atoms with van der Waals surface area (Å²) in [5.41, 5.74) is 1.25. The van der Waals surface area contributed by atoms with Crippen LogP contribution in [-0.2, 0) is 11.2 Å². The van der Waals surface area contributed by atoms with Crippen LogP contribution in [0.1, 0.15) is 37.7 Å². The van der Waals surface area contributed by atoms with Crippen LogP contribution in [0.15, 0.2) is 36.0 Å². The fourth-order valence-corrected chi connectivity index (χ4v) is 3.26. The van der Waals surface area contributed by atoms with Crippen LogP contribution in [0.4, 0.5) is 0 Å². The Balaban J connectivity index is 1.89. The Morgan fingerprint density at radius 1 is 1.36 bits per heavy atom. The average molecular weight is 341 g/mol. The third-order valence-corrected chi connectivity index (χ3v) is 4.77. The van der Waals surface area contributed by atoms with Gasteiger partial charge < -0.3 is 15.0 Å². The van der Waals surface area contributed by atoms with Crippen molar-refractivity contribution in [2.75, 3.05) is 20.7 Å². The second-order valence-electron chi connectivity index (χ2n) is 6.39. The van der Waals surface area contributed by atoms with Crippen molar-refractivity contribution in [1.82, 2.24) is 10.2 Å². The minimum absolute atomic E-state index is 0.160. The number of amides is 1. The Morgan fingerprint density at radius 2 is 2.08 bits per heavy atom. The maximum absolute atomic E-state index is 12.5. The number of nitriles is 1. The lowest BCUT2D eigenvalue weighted by Gasteiger charge is -2.31. The van der Waals surface area contributed by atoms with E-state index in [0.29, 0.717) is 6.54 Å². The van der Waals surface area contributed by atoms with Gasteiger partial charge in [0.2, 0.25) is 0 Å². The first-order valence-electron chi connectivity index (χ1n) is 8.90. The molecule has 2 rings (SSSR count). The molecule has 0 heterocycles. The molecule has 0 atom stereocenters. The van der Waals surface area contributed by atoms with Crippen molar-refractivity contribution < 1.29 is 9.53 Å². The molecular formula is C20H27N3O2. The van der Waals surface area contributed by atoms with Crippen LogP contribution in [0.5, 0.6) is 5.75 Å². The molecule has 1 saturated carbocycles.